The highest BCUT2D eigenvalue weighted by Crippen LogP contribution is 2.32. The van der Waals surface area contributed by atoms with E-state index in [0.717, 1.165) is 36.9 Å². The molecule has 1 aromatic carbocycles. The maximum Gasteiger partial charge on any atom is 0.410 e. The van der Waals surface area contributed by atoms with E-state index in [1.54, 1.807) is 0 Å². The Bertz CT molecular complexity index is 493. The number of aliphatic hydroxyl groups is 1. The summed E-state index contributed by atoms with van der Waals surface area (Å²) in [6.07, 6.45) is 2.80. The van der Waals surface area contributed by atoms with Crippen molar-refractivity contribution in [3.63, 3.8) is 0 Å². The molecule has 1 amide bonds. The molecule has 4 nitrogen and oxygen atoms in total. The Hall–Kier alpha value is -1.55. The lowest BCUT2D eigenvalue weighted by molar-refractivity contribution is 0.00950. The monoisotopic (exact) mass is 291 g/mol. The van der Waals surface area contributed by atoms with E-state index in [0.29, 0.717) is 0 Å². The molecule has 0 saturated carbocycles. The van der Waals surface area contributed by atoms with E-state index in [1.165, 1.54) is 0 Å². The molecule has 1 fully saturated rings. The van der Waals surface area contributed by atoms with Crippen molar-refractivity contribution in [1.29, 1.82) is 0 Å². The zero-order valence-corrected chi connectivity index (χ0v) is 13.1. The summed E-state index contributed by atoms with van der Waals surface area (Å²) >= 11 is 0. The van der Waals surface area contributed by atoms with Gasteiger partial charge in [0.1, 0.15) is 5.60 Å². The highest BCUT2D eigenvalue weighted by Gasteiger charge is 2.31. The quantitative estimate of drug-likeness (QED) is 0.905. The number of likely N-dealkylation sites (tertiary alicyclic amines) is 1. The van der Waals surface area contributed by atoms with E-state index < -0.39 is 5.60 Å². The van der Waals surface area contributed by atoms with Crippen LogP contribution in [0.1, 0.15) is 57.2 Å². The summed E-state index contributed by atoms with van der Waals surface area (Å²) in [6, 6.07) is 7.87. The predicted octanol–water partition coefficient (Wildman–Crippen LogP) is 3.64. The summed E-state index contributed by atoms with van der Waals surface area (Å²) in [7, 11) is 0. The van der Waals surface area contributed by atoms with Gasteiger partial charge in [-0.2, -0.15) is 0 Å². The van der Waals surface area contributed by atoms with E-state index in [2.05, 4.69) is 0 Å². The number of benzene rings is 1. The zero-order chi connectivity index (χ0) is 15.5. The minimum atomic E-state index is -0.480. The minimum Gasteiger partial charge on any atom is -0.444 e. The molecule has 1 aliphatic rings. The Labute approximate surface area is 126 Å². The number of ether oxygens (including phenoxy) is 1. The second-order valence-electron chi connectivity index (χ2n) is 6.59. The maximum absolute atomic E-state index is 12.4. The molecule has 116 valence electrons. The molecule has 2 rings (SSSR count). The average molecular weight is 291 g/mol. The second kappa shape index (κ2) is 6.48. The largest absolute Gasteiger partial charge is 0.444 e. The highest BCUT2D eigenvalue weighted by molar-refractivity contribution is 5.69. The molecule has 0 aliphatic carbocycles. The number of amides is 1. The highest BCUT2D eigenvalue weighted by atomic mass is 16.6. The Morgan fingerprint density at radius 1 is 1.38 bits per heavy atom. The maximum atomic E-state index is 12.4. The van der Waals surface area contributed by atoms with Gasteiger partial charge in [0, 0.05) is 6.54 Å². The van der Waals surface area contributed by atoms with Crippen molar-refractivity contribution in [3.8, 4) is 0 Å². The third kappa shape index (κ3) is 4.21. The summed E-state index contributed by atoms with van der Waals surface area (Å²) in [5, 5.41) is 9.28. The van der Waals surface area contributed by atoms with E-state index in [9.17, 15) is 9.90 Å². The molecule has 0 spiro atoms. The lowest BCUT2D eigenvalue weighted by Gasteiger charge is -2.37. The van der Waals surface area contributed by atoms with Crippen molar-refractivity contribution in [2.75, 3.05) is 6.54 Å². The number of carbonyl (C=O) groups excluding carboxylic acids is 1. The third-order valence-corrected chi connectivity index (χ3v) is 3.65. The van der Waals surface area contributed by atoms with Gasteiger partial charge in [0.15, 0.2) is 0 Å². The normalized spacial score (nSPS) is 19.4. The van der Waals surface area contributed by atoms with Gasteiger partial charge in [-0.1, -0.05) is 24.3 Å². The first-order valence-electron chi connectivity index (χ1n) is 7.60. The van der Waals surface area contributed by atoms with Crippen LogP contribution in [0.5, 0.6) is 0 Å². The summed E-state index contributed by atoms with van der Waals surface area (Å²) in [5.74, 6) is 0. The summed E-state index contributed by atoms with van der Waals surface area (Å²) in [4.78, 5) is 14.2. The number of aliphatic hydroxyl groups excluding tert-OH is 1. The van der Waals surface area contributed by atoms with Crippen LogP contribution in [0.3, 0.4) is 0 Å². The number of hydrogen-bond acceptors (Lipinski definition) is 3. The van der Waals surface area contributed by atoms with Gasteiger partial charge in [0.2, 0.25) is 0 Å². The molecular formula is C17H25NO3. The van der Waals surface area contributed by atoms with Crippen molar-refractivity contribution in [3.05, 3.63) is 35.4 Å². The third-order valence-electron chi connectivity index (χ3n) is 3.65. The molecule has 1 heterocycles. The molecule has 4 heteroatoms. The molecule has 1 unspecified atom stereocenters. The summed E-state index contributed by atoms with van der Waals surface area (Å²) in [6.45, 7) is 6.40. The van der Waals surface area contributed by atoms with E-state index >= 15 is 0 Å². The van der Waals surface area contributed by atoms with Crippen LogP contribution in [0, 0.1) is 0 Å². The molecular weight excluding hydrogens is 266 g/mol. The molecule has 0 aromatic heterocycles. The fourth-order valence-electron chi connectivity index (χ4n) is 2.72. The molecule has 1 N–H and O–H groups in total. The fraction of sp³-hybridized carbons (Fsp3) is 0.588. The van der Waals surface area contributed by atoms with Crippen LogP contribution in [0.15, 0.2) is 24.3 Å². The first-order chi connectivity index (χ1) is 9.90. The Kier molecular flexibility index (Phi) is 4.88. The second-order valence-corrected chi connectivity index (χ2v) is 6.59. The Morgan fingerprint density at radius 2 is 2.14 bits per heavy atom. The molecule has 1 aromatic rings. The number of rotatable bonds is 2. The first kappa shape index (κ1) is 15.8. The SMILES string of the molecule is CC(C)(C)OC(=O)N1CCCCC1c1cccc(CO)c1. The summed E-state index contributed by atoms with van der Waals surface area (Å²) in [5.41, 5.74) is 1.47. The van der Waals surface area contributed by atoms with Crippen molar-refractivity contribution < 1.29 is 14.6 Å². The molecule has 0 radical (unpaired) electrons. The molecule has 1 saturated heterocycles. The number of hydrogen-bond donors (Lipinski definition) is 1. The lowest BCUT2D eigenvalue weighted by atomic mass is 9.94. The van der Waals surface area contributed by atoms with Gasteiger partial charge in [0.25, 0.3) is 0 Å². The fourth-order valence-corrected chi connectivity index (χ4v) is 2.72. The van der Waals surface area contributed by atoms with Crippen LogP contribution >= 0.6 is 0 Å². The standard InChI is InChI=1S/C17H25NO3/c1-17(2,3)21-16(20)18-10-5-4-9-15(18)14-8-6-7-13(11-14)12-19/h6-8,11,15,19H,4-5,9-10,12H2,1-3H3. The van der Waals surface area contributed by atoms with Gasteiger partial charge in [-0.25, -0.2) is 4.79 Å². The molecule has 1 atom stereocenters. The lowest BCUT2D eigenvalue weighted by Crippen LogP contribution is -2.41. The van der Waals surface area contributed by atoms with Crippen LogP contribution in [0.4, 0.5) is 4.79 Å². The van der Waals surface area contributed by atoms with E-state index in [1.807, 2.05) is 49.9 Å². The van der Waals surface area contributed by atoms with Gasteiger partial charge in [0.05, 0.1) is 12.6 Å². The average Bonchev–Trinajstić information content (AvgIpc) is 2.45. The topological polar surface area (TPSA) is 49.8 Å². The van der Waals surface area contributed by atoms with Crippen LogP contribution in [0.2, 0.25) is 0 Å². The van der Waals surface area contributed by atoms with Gasteiger partial charge in [-0.15, -0.1) is 0 Å². The zero-order valence-electron chi connectivity index (χ0n) is 13.1. The van der Waals surface area contributed by atoms with E-state index in [-0.39, 0.29) is 18.7 Å². The predicted molar refractivity (Wildman–Crippen MR) is 81.9 cm³/mol. The molecule has 1 aliphatic heterocycles. The van der Waals surface area contributed by atoms with Gasteiger partial charge in [-0.3, -0.25) is 0 Å². The van der Waals surface area contributed by atoms with Crippen molar-refractivity contribution in [2.24, 2.45) is 0 Å². The smallest absolute Gasteiger partial charge is 0.410 e. The van der Waals surface area contributed by atoms with Crippen LogP contribution in [-0.4, -0.2) is 28.2 Å². The Balaban J connectivity index is 2.20. The van der Waals surface area contributed by atoms with Crippen LogP contribution < -0.4 is 0 Å². The number of nitrogens with zero attached hydrogens (tertiary/aromatic N) is 1. The van der Waals surface area contributed by atoms with Crippen LogP contribution in [0.25, 0.3) is 0 Å². The van der Waals surface area contributed by atoms with Gasteiger partial charge in [-0.05, 0) is 51.2 Å². The molecule has 21 heavy (non-hydrogen) atoms. The Morgan fingerprint density at radius 3 is 2.81 bits per heavy atom. The number of carbonyl (C=O) groups is 1. The van der Waals surface area contributed by atoms with Crippen molar-refractivity contribution >= 4 is 6.09 Å². The minimum absolute atomic E-state index is 0.0208. The van der Waals surface area contributed by atoms with E-state index in [4.69, 9.17) is 4.74 Å². The van der Waals surface area contributed by atoms with Gasteiger partial charge >= 0.3 is 6.09 Å². The first-order valence-corrected chi connectivity index (χ1v) is 7.60. The molecule has 0 bridgehead atoms. The summed E-state index contributed by atoms with van der Waals surface area (Å²) < 4.78 is 5.52. The van der Waals surface area contributed by atoms with Gasteiger partial charge < -0.3 is 14.7 Å². The van der Waals surface area contributed by atoms with Crippen molar-refractivity contribution in [2.45, 2.75) is 58.3 Å². The van der Waals surface area contributed by atoms with Crippen molar-refractivity contribution in [1.82, 2.24) is 4.90 Å². The van der Waals surface area contributed by atoms with Crippen LogP contribution in [-0.2, 0) is 11.3 Å². The number of piperidine rings is 1.